The molecule has 0 atom stereocenters. The summed E-state index contributed by atoms with van der Waals surface area (Å²) in [6, 6.07) is 0. The average Bonchev–Trinajstić information content (AvgIpc) is 2.09. The summed E-state index contributed by atoms with van der Waals surface area (Å²) in [5.74, 6) is 0.398. The topological polar surface area (TPSA) is 22.1 Å². The number of hydrogen-bond donors (Lipinski definition) is 0. The van der Waals surface area contributed by atoms with Gasteiger partial charge in [0.05, 0.1) is 21.9 Å². The van der Waals surface area contributed by atoms with E-state index in [1.807, 2.05) is 22.6 Å². The zero-order valence-electron chi connectivity index (χ0n) is 6.52. The van der Waals surface area contributed by atoms with Gasteiger partial charge in [-0.05, 0) is 22.6 Å². The lowest BCUT2D eigenvalue weighted by molar-refractivity contribution is 0.146. The van der Waals surface area contributed by atoms with Gasteiger partial charge in [-0.1, -0.05) is 11.6 Å². The number of aromatic nitrogens is 1. The van der Waals surface area contributed by atoms with Gasteiger partial charge in [-0.15, -0.1) is 0 Å². The predicted molar refractivity (Wildman–Crippen MR) is 53.5 cm³/mol. The van der Waals surface area contributed by atoms with Crippen LogP contribution in [0.4, 0.5) is 8.78 Å². The van der Waals surface area contributed by atoms with Crippen LogP contribution in [-0.4, -0.2) is 12.1 Å². The van der Waals surface area contributed by atoms with E-state index in [-0.39, 0.29) is 5.02 Å². The molecule has 0 saturated heterocycles. The maximum Gasteiger partial charge on any atom is 0.281 e. The summed E-state index contributed by atoms with van der Waals surface area (Å²) >= 11 is 7.48. The molecule has 0 fully saturated rings. The highest BCUT2D eigenvalue weighted by Crippen LogP contribution is 2.33. The fourth-order valence-electron chi connectivity index (χ4n) is 0.757. The summed E-state index contributed by atoms with van der Waals surface area (Å²) in [5.41, 5.74) is -0.410. The molecular weight excluding hydrogens is 314 g/mol. The third kappa shape index (κ3) is 2.19. The van der Waals surface area contributed by atoms with Crippen molar-refractivity contribution in [3.05, 3.63) is 20.5 Å². The highest BCUT2D eigenvalue weighted by molar-refractivity contribution is 14.1. The minimum Gasteiger partial charge on any atom is -0.494 e. The molecule has 0 N–H and O–H groups in total. The van der Waals surface area contributed by atoms with Crippen LogP contribution in [0.1, 0.15) is 12.1 Å². The summed E-state index contributed by atoms with van der Waals surface area (Å²) in [4.78, 5) is 3.50. The Morgan fingerprint density at radius 1 is 1.62 bits per heavy atom. The van der Waals surface area contributed by atoms with Crippen molar-refractivity contribution in [3.8, 4) is 5.75 Å². The molecule has 1 aromatic heterocycles. The summed E-state index contributed by atoms with van der Waals surface area (Å²) < 4.78 is 29.8. The molecule has 0 aliphatic rings. The first-order valence-corrected chi connectivity index (χ1v) is 4.69. The fourth-order valence-corrected chi connectivity index (χ4v) is 1.62. The number of hydrogen-bond acceptors (Lipinski definition) is 2. The highest BCUT2D eigenvalue weighted by Gasteiger charge is 2.18. The largest absolute Gasteiger partial charge is 0.494 e. The standard InChI is InChI=1S/C7H5ClF2INO/c1-13-3-2-12-6(7(9)10)4(8)5(3)11/h2,7H,1H3. The first-order valence-electron chi connectivity index (χ1n) is 3.24. The molecule has 0 radical (unpaired) electrons. The maximum absolute atomic E-state index is 12.3. The van der Waals surface area contributed by atoms with Crippen molar-refractivity contribution < 1.29 is 13.5 Å². The lowest BCUT2D eigenvalue weighted by atomic mass is 10.3. The van der Waals surface area contributed by atoms with Crippen LogP contribution in [0.5, 0.6) is 5.75 Å². The number of halogens is 4. The Labute approximate surface area is 92.4 Å². The summed E-state index contributed by atoms with van der Waals surface area (Å²) in [6.07, 6.45) is -1.43. The number of ether oxygens (including phenoxy) is 1. The summed E-state index contributed by atoms with van der Waals surface area (Å²) in [5, 5.41) is -0.0463. The molecule has 1 rings (SSSR count). The van der Waals surface area contributed by atoms with Gasteiger partial charge >= 0.3 is 0 Å². The van der Waals surface area contributed by atoms with Crippen molar-refractivity contribution in [2.75, 3.05) is 7.11 Å². The molecule has 0 unspecified atom stereocenters. The van der Waals surface area contributed by atoms with E-state index in [9.17, 15) is 8.78 Å². The molecule has 0 aromatic carbocycles. The smallest absolute Gasteiger partial charge is 0.281 e. The van der Waals surface area contributed by atoms with E-state index in [4.69, 9.17) is 16.3 Å². The van der Waals surface area contributed by atoms with Crippen molar-refractivity contribution in [3.63, 3.8) is 0 Å². The Balaban J connectivity index is 3.23. The first kappa shape index (κ1) is 10.9. The molecule has 0 spiro atoms. The SMILES string of the molecule is COc1cnc(C(F)F)c(Cl)c1I. The maximum atomic E-state index is 12.3. The van der Waals surface area contributed by atoms with Gasteiger partial charge in [-0.25, -0.2) is 13.8 Å². The normalized spacial score (nSPS) is 10.6. The Kier molecular flexibility index (Phi) is 3.66. The lowest BCUT2D eigenvalue weighted by Crippen LogP contribution is -1.96. The van der Waals surface area contributed by atoms with Crippen LogP contribution in [0.25, 0.3) is 0 Å². The van der Waals surface area contributed by atoms with Crippen molar-refractivity contribution >= 4 is 34.2 Å². The van der Waals surface area contributed by atoms with E-state index in [0.717, 1.165) is 0 Å². The first-order chi connectivity index (χ1) is 6.07. The van der Waals surface area contributed by atoms with E-state index in [1.165, 1.54) is 13.3 Å². The molecule has 0 aliphatic heterocycles. The Hall–Kier alpha value is -0.170. The van der Waals surface area contributed by atoms with E-state index >= 15 is 0 Å². The Morgan fingerprint density at radius 3 is 2.69 bits per heavy atom. The van der Waals surface area contributed by atoms with Crippen LogP contribution in [0.2, 0.25) is 5.02 Å². The second-order valence-electron chi connectivity index (χ2n) is 2.14. The zero-order valence-corrected chi connectivity index (χ0v) is 9.44. The monoisotopic (exact) mass is 319 g/mol. The van der Waals surface area contributed by atoms with Crippen molar-refractivity contribution in [1.29, 1.82) is 0 Å². The second-order valence-corrected chi connectivity index (χ2v) is 3.60. The highest BCUT2D eigenvalue weighted by atomic mass is 127. The third-order valence-corrected chi connectivity index (χ3v) is 3.15. The van der Waals surface area contributed by atoms with Gasteiger partial charge in [0, 0.05) is 0 Å². The van der Waals surface area contributed by atoms with Gasteiger partial charge in [-0.3, -0.25) is 0 Å². The zero-order chi connectivity index (χ0) is 10.0. The van der Waals surface area contributed by atoms with Gasteiger partial charge in [0.15, 0.2) is 5.75 Å². The van der Waals surface area contributed by atoms with Crippen molar-refractivity contribution in [1.82, 2.24) is 4.98 Å². The molecule has 1 heterocycles. The van der Waals surface area contributed by atoms with Crippen LogP contribution in [-0.2, 0) is 0 Å². The number of rotatable bonds is 2. The molecule has 13 heavy (non-hydrogen) atoms. The number of nitrogens with zero attached hydrogens (tertiary/aromatic N) is 1. The molecule has 0 saturated carbocycles. The third-order valence-electron chi connectivity index (χ3n) is 1.38. The average molecular weight is 319 g/mol. The van der Waals surface area contributed by atoms with Gasteiger partial charge in [0.2, 0.25) is 0 Å². The van der Waals surface area contributed by atoms with E-state index in [2.05, 4.69) is 4.98 Å². The van der Waals surface area contributed by atoms with Crippen LogP contribution in [0.15, 0.2) is 6.20 Å². The van der Waals surface area contributed by atoms with Gasteiger partial charge in [-0.2, -0.15) is 0 Å². The van der Waals surface area contributed by atoms with Crippen molar-refractivity contribution in [2.24, 2.45) is 0 Å². The van der Waals surface area contributed by atoms with Crippen LogP contribution >= 0.6 is 34.2 Å². The van der Waals surface area contributed by atoms with Crippen LogP contribution in [0, 0.1) is 3.57 Å². The molecule has 1 aromatic rings. The fraction of sp³-hybridized carbons (Fsp3) is 0.286. The Morgan fingerprint density at radius 2 is 2.23 bits per heavy atom. The summed E-state index contributed by atoms with van der Waals surface area (Å²) in [6.45, 7) is 0. The quantitative estimate of drug-likeness (QED) is 0.781. The minimum atomic E-state index is -2.66. The molecule has 2 nitrogen and oxygen atoms in total. The number of pyridine rings is 1. The number of alkyl halides is 2. The molecule has 0 aliphatic carbocycles. The predicted octanol–water partition coefficient (Wildman–Crippen LogP) is 3.29. The van der Waals surface area contributed by atoms with Gasteiger partial charge in [0.25, 0.3) is 6.43 Å². The van der Waals surface area contributed by atoms with E-state index in [1.54, 1.807) is 0 Å². The minimum absolute atomic E-state index is 0.0463. The molecule has 0 bridgehead atoms. The Bertz CT molecular complexity index is 322. The van der Waals surface area contributed by atoms with E-state index < -0.39 is 12.1 Å². The second kappa shape index (κ2) is 4.36. The molecule has 72 valence electrons. The van der Waals surface area contributed by atoms with Gasteiger partial charge in [0.1, 0.15) is 5.69 Å². The van der Waals surface area contributed by atoms with E-state index in [0.29, 0.717) is 9.32 Å². The lowest BCUT2D eigenvalue weighted by Gasteiger charge is -2.07. The summed E-state index contributed by atoms with van der Waals surface area (Å²) in [7, 11) is 1.43. The molecule has 0 amide bonds. The molecule has 6 heteroatoms. The number of methoxy groups -OCH3 is 1. The van der Waals surface area contributed by atoms with Crippen LogP contribution in [0.3, 0.4) is 0 Å². The van der Waals surface area contributed by atoms with Crippen molar-refractivity contribution in [2.45, 2.75) is 6.43 Å². The van der Waals surface area contributed by atoms with Crippen LogP contribution < -0.4 is 4.74 Å². The molecular formula is C7H5ClF2INO. The van der Waals surface area contributed by atoms with Gasteiger partial charge < -0.3 is 4.74 Å².